The Morgan fingerprint density at radius 1 is 1.16 bits per heavy atom. The molecule has 0 spiro atoms. The summed E-state index contributed by atoms with van der Waals surface area (Å²) in [6.45, 7) is 7.26. The van der Waals surface area contributed by atoms with Crippen LogP contribution in [-0.2, 0) is 4.79 Å². The topological polar surface area (TPSA) is 97.8 Å². The van der Waals surface area contributed by atoms with Crippen LogP contribution in [0.3, 0.4) is 0 Å². The number of fused-ring (bicyclic) bond motifs is 1. The SMILES string of the molecule is CC(=O)N1c2ccc(-c3ccc(N4CCNCC4)nc3)cc2[C@@H](NC(=O)O)C[C@H]1C.Cl. The molecule has 3 heterocycles. The molecular weight excluding hydrogens is 418 g/mol. The van der Waals surface area contributed by atoms with Crippen LogP contribution in [0.4, 0.5) is 16.3 Å². The number of nitrogens with zero attached hydrogens (tertiary/aromatic N) is 3. The predicted molar refractivity (Wildman–Crippen MR) is 123 cm³/mol. The number of amides is 2. The highest BCUT2D eigenvalue weighted by molar-refractivity contribution is 5.94. The Morgan fingerprint density at radius 3 is 2.48 bits per heavy atom. The number of carbonyl (C=O) groups is 2. The third-order valence-corrected chi connectivity index (χ3v) is 5.84. The number of benzene rings is 1. The van der Waals surface area contributed by atoms with E-state index >= 15 is 0 Å². The molecule has 1 aromatic carbocycles. The molecule has 31 heavy (non-hydrogen) atoms. The molecule has 0 unspecified atom stereocenters. The fraction of sp³-hybridized carbons (Fsp3) is 0.409. The van der Waals surface area contributed by atoms with Crippen molar-refractivity contribution in [3.63, 3.8) is 0 Å². The molecule has 3 N–H and O–H groups in total. The Labute approximate surface area is 188 Å². The summed E-state index contributed by atoms with van der Waals surface area (Å²) in [5, 5.41) is 15.2. The van der Waals surface area contributed by atoms with Gasteiger partial charge in [-0.05, 0) is 48.7 Å². The second-order valence-corrected chi connectivity index (χ2v) is 7.89. The lowest BCUT2D eigenvalue weighted by Crippen LogP contribution is -2.45. The molecular formula is C22H28ClN5O3. The Balaban J connectivity index is 0.00000272. The second kappa shape index (κ2) is 9.53. The minimum atomic E-state index is -1.07. The number of nitrogens with one attached hydrogen (secondary N) is 2. The highest BCUT2D eigenvalue weighted by Crippen LogP contribution is 2.39. The van der Waals surface area contributed by atoms with Crippen molar-refractivity contribution in [1.82, 2.24) is 15.6 Å². The largest absolute Gasteiger partial charge is 0.465 e. The molecule has 2 aliphatic rings. The number of carboxylic acid groups (broad SMARTS) is 1. The van der Waals surface area contributed by atoms with Gasteiger partial charge >= 0.3 is 6.09 Å². The average molecular weight is 446 g/mol. The summed E-state index contributed by atoms with van der Waals surface area (Å²) in [7, 11) is 0. The number of anilines is 2. The Bertz CT molecular complexity index is 947. The van der Waals surface area contributed by atoms with Crippen molar-refractivity contribution in [3.05, 3.63) is 42.1 Å². The van der Waals surface area contributed by atoms with Gasteiger partial charge in [-0.2, -0.15) is 0 Å². The van der Waals surface area contributed by atoms with Crippen molar-refractivity contribution in [2.45, 2.75) is 32.4 Å². The van der Waals surface area contributed by atoms with Crippen LogP contribution in [0.25, 0.3) is 11.1 Å². The number of pyridine rings is 1. The lowest BCUT2D eigenvalue weighted by atomic mass is 9.89. The fourth-order valence-electron chi connectivity index (χ4n) is 4.45. The molecule has 1 aromatic heterocycles. The molecule has 0 aliphatic carbocycles. The monoisotopic (exact) mass is 445 g/mol. The van der Waals surface area contributed by atoms with Gasteiger partial charge in [-0.25, -0.2) is 9.78 Å². The third-order valence-electron chi connectivity index (χ3n) is 5.84. The van der Waals surface area contributed by atoms with E-state index in [-0.39, 0.29) is 30.4 Å². The molecule has 0 bridgehead atoms. The van der Waals surface area contributed by atoms with Crippen LogP contribution >= 0.6 is 12.4 Å². The number of carbonyl (C=O) groups excluding carboxylic acids is 1. The summed E-state index contributed by atoms with van der Waals surface area (Å²) >= 11 is 0. The Hall–Kier alpha value is -2.84. The quantitative estimate of drug-likeness (QED) is 0.671. The maximum absolute atomic E-state index is 12.2. The molecule has 9 heteroatoms. The molecule has 1 fully saturated rings. The first kappa shape index (κ1) is 22.8. The zero-order valence-electron chi connectivity index (χ0n) is 17.7. The van der Waals surface area contributed by atoms with E-state index in [4.69, 9.17) is 0 Å². The Kier molecular flexibility index (Phi) is 7.02. The number of halogens is 1. The summed E-state index contributed by atoms with van der Waals surface area (Å²) in [6.07, 6.45) is 1.32. The molecule has 8 nitrogen and oxygen atoms in total. The standard InChI is InChI=1S/C22H27N5O3.ClH/c1-14-11-19(25-22(29)30)18-12-16(3-5-20(18)27(14)15(2)28)17-4-6-21(24-13-17)26-9-7-23-8-10-26;/h3-6,12-14,19,23,25H,7-11H2,1-2H3,(H,29,30);1H/t14-,19+;/m1./s1. The van der Waals surface area contributed by atoms with Crippen LogP contribution in [0.5, 0.6) is 0 Å². The van der Waals surface area contributed by atoms with Gasteiger partial charge in [0, 0.05) is 56.6 Å². The molecule has 2 atom stereocenters. The van der Waals surface area contributed by atoms with Crippen molar-refractivity contribution >= 4 is 35.9 Å². The van der Waals surface area contributed by atoms with Gasteiger partial charge in [-0.3, -0.25) is 4.79 Å². The van der Waals surface area contributed by atoms with Gasteiger partial charge in [0.2, 0.25) is 5.91 Å². The first-order valence-corrected chi connectivity index (χ1v) is 10.3. The summed E-state index contributed by atoms with van der Waals surface area (Å²) in [5.74, 6) is 0.910. The van der Waals surface area contributed by atoms with Crippen LogP contribution in [0.2, 0.25) is 0 Å². The highest BCUT2D eigenvalue weighted by Gasteiger charge is 2.33. The number of rotatable bonds is 3. The highest BCUT2D eigenvalue weighted by atomic mass is 35.5. The van der Waals surface area contributed by atoms with Gasteiger partial charge in [0.1, 0.15) is 5.82 Å². The third kappa shape index (κ3) is 4.75. The average Bonchev–Trinajstić information content (AvgIpc) is 2.73. The van der Waals surface area contributed by atoms with Gasteiger partial charge in [0.25, 0.3) is 0 Å². The first-order chi connectivity index (χ1) is 14.4. The lowest BCUT2D eigenvalue weighted by molar-refractivity contribution is -0.117. The van der Waals surface area contributed by atoms with Crippen LogP contribution in [-0.4, -0.2) is 54.3 Å². The molecule has 166 valence electrons. The molecule has 0 saturated carbocycles. The van der Waals surface area contributed by atoms with Crippen molar-refractivity contribution < 1.29 is 14.7 Å². The van der Waals surface area contributed by atoms with Gasteiger partial charge in [-0.15, -0.1) is 12.4 Å². The van der Waals surface area contributed by atoms with Crippen LogP contribution in [0.1, 0.15) is 31.9 Å². The number of piperazine rings is 1. The molecule has 2 aromatic rings. The molecule has 2 aliphatic heterocycles. The maximum atomic E-state index is 12.2. The van der Waals surface area contributed by atoms with E-state index in [1.165, 1.54) is 6.92 Å². The van der Waals surface area contributed by atoms with Crippen molar-refractivity contribution in [2.24, 2.45) is 0 Å². The first-order valence-electron chi connectivity index (χ1n) is 10.3. The zero-order chi connectivity index (χ0) is 21.3. The van der Waals surface area contributed by atoms with E-state index in [9.17, 15) is 14.7 Å². The minimum Gasteiger partial charge on any atom is -0.465 e. The molecule has 4 rings (SSSR count). The Morgan fingerprint density at radius 2 is 1.87 bits per heavy atom. The normalized spacial score (nSPS) is 20.5. The van der Waals surface area contributed by atoms with E-state index in [0.29, 0.717) is 6.42 Å². The molecule has 2 amide bonds. The van der Waals surface area contributed by atoms with E-state index in [2.05, 4.69) is 20.5 Å². The van der Waals surface area contributed by atoms with Gasteiger partial charge in [0.15, 0.2) is 0 Å². The smallest absolute Gasteiger partial charge is 0.405 e. The van der Waals surface area contributed by atoms with Crippen LogP contribution in [0.15, 0.2) is 36.5 Å². The fourth-order valence-corrected chi connectivity index (χ4v) is 4.45. The van der Waals surface area contributed by atoms with Gasteiger partial charge < -0.3 is 25.5 Å². The lowest BCUT2D eigenvalue weighted by Gasteiger charge is -2.39. The maximum Gasteiger partial charge on any atom is 0.405 e. The van der Waals surface area contributed by atoms with Gasteiger partial charge in [0.05, 0.1) is 6.04 Å². The number of hydrogen-bond donors (Lipinski definition) is 3. The van der Waals surface area contributed by atoms with Crippen molar-refractivity contribution in [1.29, 1.82) is 0 Å². The van der Waals surface area contributed by atoms with Gasteiger partial charge in [-0.1, -0.05) is 6.07 Å². The molecule has 1 saturated heterocycles. The van der Waals surface area contributed by atoms with Crippen molar-refractivity contribution in [3.8, 4) is 11.1 Å². The van der Waals surface area contributed by atoms with Crippen molar-refractivity contribution in [2.75, 3.05) is 36.0 Å². The summed E-state index contributed by atoms with van der Waals surface area (Å²) < 4.78 is 0. The van der Waals surface area contributed by atoms with Crippen LogP contribution in [0, 0.1) is 0 Å². The van der Waals surface area contributed by atoms with E-state index < -0.39 is 6.09 Å². The summed E-state index contributed by atoms with van der Waals surface area (Å²) in [6, 6.07) is 9.46. The van der Waals surface area contributed by atoms with Crippen LogP contribution < -0.4 is 20.4 Å². The van der Waals surface area contributed by atoms with E-state index in [1.807, 2.05) is 43.5 Å². The van der Waals surface area contributed by atoms with E-state index in [0.717, 1.165) is 54.4 Å². The summed E-state index contributed by atoms with van der Waals surface area (Å²) in [4.78, 5) is 32.2. The van der Waals surface area contributed by atoms with E-state index in [1.54, 1.807) is 4.90 Å². The second-order valence-electron chi connectivity index (χ2n) is 7.89. The zero-order valence-corrected chi connectivity index (χ0v) is 18.5. The predicted octanol–water partition coefficient (Wildman–Crippen LogP) is 3.03. The number of aromatic nitrogens is 1. The summed E-state index contributed by atoms with van der Waals surface area (Å²) in [5.41, 5.74) is 3.48. The number of hydrogen-bond acceptors (Lipinski definition) is 5. The molecule has 0 radical (unpaired) electrons. The minimum absolute atomic E-state index is 0.